The number of hydrogen-bond donors (Lipinski definition) is 3. The molecule has 3 aliphatic heterocycles. The molecule has 3 fully saturated rings. The van der Waals surface area contributed by atoms with Gasteiger partial charge < -0.3 is 43.9 Å². The second-order valence-electron chi connectivity index (χ2n) is 21.2. The van der Waals surface area contributed by atoms with Crippen molar-refractivity contribution >= 4 is 29.2 Å². The molecule has 0 aromatic heterocycles. The van der Waals surface area contributed by atoms with Gasteiger partial charge in [0.25, 0.3) is 11.7 Å². The number of allylic oxidation sites excluding steroid dienone is 6. The van der Waals surface area contributed by atoms with Gasteiger partial charge in [-0.25, -0.2) is 4.79 Å². The molecule has 3 heterocycles. The molecule has 3 N–H and O–H groups in total. The van der Waals surface area contributed by atoms with Crippen LogP contribution in [0.25, 0.3) is 0 Å². The number of aliphatic hydroxyl groups excluding tert-OH is 2. The number of benzene rings is 1. The first kappa shape index (κ1) is 57.7. The van der Waals surface area contributed by atoms with Crippen LogP contribution in [0.1, 0.15) is 131 Å². The molecule has 1 aromatic rings. The number of carbonyl (C=O) groups excluding carboxylic acids is 5. The summed E-state index contributed by atoms with van der Waals surface area (Å²) in [6, 6.07) is 8.58. The van der Waals surface area contributed by atoms with Crippen molar-refractivity contribution in [3.63, 3.8) is 0 Å². The van der Waals surface area contributed by atoms with E-state index in [1.165, 1.54) is 12.0 Å². The van der Waals surface area contributed by atoms with Crippen molar-refractivity contribution in [2.75, 3.05) is 20.8 Å². The van der Waals surface area contributed by atoms with E-state index < -0.39 is 83.9 Å². The van der Waals surface area contributed by atoms with E-state index in [9.17, 15) is 39.3 Å². The van der Waals surface area contributed by atoms with Crippen LogP contribution in [-0.2, 0) is 54.3 Å². The van der Waals surface area contributed by atoms with Crippen molar-refractivity contribution < 1.29 is 63.0 Å². The van der Waals surface area contributed by atoms with Gasteiger partial charge >= 0.3 is 5.97 Å². The Balaban J connectivity index is 1.49. The van der Waals surface area contributed by atoms with Crippen molar-refractivity contribution in [3.05, 3.63) is 83.5 Å². The number of hydrogen-bond acceptors (Lipinski definition) is 13. The number of nitrogens with zero attached hydrogens (tertiary/aromatic N) is 1. The summed E-state index contributed by atoms with van der Waals surface area (Å²) in [5.74, 6) is -8.10. The quantitative estimate of drug-likeness (QED) is 0.130. The zero-order valence-electron chi connectivity index (χ0n) is 43.7. The molecule has 15 atom stereocenters. The summed E-state index contributed by atoms with van der Waals surface area (Å²) >= 11 is 0. The Morgan fingerprint density at radius 1 is 0.845 bits per heavy atom. The topological polar surface area (TPSA) is 195 Å². The third kappa shape index (κ3) is 15.7. The highest BCUT2D eigenvalue weighted by Gasteiger charge is 2.53. The lowest BCUT2D eigenvalue weighted by atomic mass is 9.78. The van der Waals surface area contributed by atoms with Gasteiger partial charge in [0, 0.05) is 51.4 Å². The van der Waals surface area contributed by atoms with Crippen LogP contribution in [0.2, 0.25) is 0 Å². The minimum Gasteiger partial charge on any atom is -0.460 e. The summed E-state index contributed by atoms with van der Waals surface area (Å²) in [4.78, 5) is 72.6. The fourth-order valence-corrected chi connectivity index (χ4v) is 10.8. The summed E-state index contributed by atoms with van der Waals surface area (Å²) in [5.41, 5.74) is 2.22. The summed E-state index contributed by atoms with van der Waals surface area (Å²) < 4.78 is 30.3. The number of ketones is 3. The van der Waals surface area contributed by atoms with E-state index in [0.29, 0.717) is 63.5 Å². The fourth-order valence-electron chi connectivity index (χ4n) is 10.8. The molecular weight excluding hydrogens is 907 g/mol. The smallest absolute Gasteiger partial charge is 0.329 e. The maximum absolute atomic E-state index is 14.5. The lowest BCUT2D eigenvalue weighted by Crippen LogP contribution is -2.61. The van der Waals surface area contributed by atoms with Crippen LogP contribution in [0.3, 0.4) is 0 Å². The molecule has 394 valence electrons. The van der Waals surface area contributed by atoms with Crippen LogP contribution >= 0.6 is 0 Å². The van der Waals surface area contributed by atoms with E-state index in [0.717, 1.165) is 17.6 Å². The average Bonchev–Trinajstić information content (AvgIpc) is 3.35. The van der Waals surface area contributed by atoms with Gasteiger partial charge in [0.2, 0.25) is 5.79 Å². The van der Waals surface area contributed by atoms with E-state index in [4.69, 9.17) is 23.7 Å². The van der Waals surface area contributed by atoms with Gasteiger partial charge in [-0.05, 0) is 113 Å². The average molecular weight is 990 g/mol. The number of piperidine rings is 1. The molecule has 14 heteroatoms. The summed E-state index contributed by atoms with van der Waals surface area (Å²) in [6.45, 7) is 13.1. The standard InChI is InChI=1S/C57H83NO13/c1-35-18-12-10-13-19-36(2)48(69-34-42-20-14-11-15-21-42)32-44-25-23-41(7)57(66,71-44)54(63)55(64)58-27-17-16-22-45(58)56(65)70-49(38(4)30-43-24-26-46(59)50(31-43)67-8)33-47(60)37(3)29-40(6)52(62)53(68-9)51(61)39(5)28-35/h10-15,18-21,29,35,37-39,41,43-46,48-50,52-53,59,62,66H,16-17,22-28,30-34H2,1-9H3/b13-10+,18-12+,36-19+,40-29+/t35-,37-,38-,39-,41-,43+,44+,45+,46-,48-,49+,50-,52-,53+,57-/m1/s1. The van der Waals surface area contributed by atoms with Crippen LogP contribution in [0, 0.1) is 35.5 Å². The summed E-state index contributed by atoms with van der Waals surface area (Å²) in [7, 11) is 2.95. The van der Waals surface area contributed by atoms with E-state index in [1.54, 1.807) is 34.0 Å². The first-order chi connectivity index (χ1) is 33.8. The van der Waals surface area contributed by atoms with E-state index in [-0.39, 0.29) is 61.2 Å². The van der Waals surface area contributed by atoms with Gasteiger partial charge in [0.1, 0.15) is 30.1 Å². The number of fused-ring (bicyclic) bond motifs is 3. The minimum absolute atomic E-state index is 0.00101. The molecule has 1 aromatic carbocycles. The van der Waals surface area contributed by atoms with Crippen LogP contribution < -0.4 is 0 Å². The van der Waals surface area contributed by atoms with Crippen molar-refractivity contribution in [3.8, 4) is 0 Å². The number of Topliss-reactive ketones (excluding diaryl/α,β-unsaturated/α-hetero) is 3. The van der Waals surface area contributed by atoms with Crippen LogP contribution in [-0.4, -0.2) is 125 Å². The van der Waals surface area contributed by atoms with Gasteiger partial charge in [-0.2, -0.15) is 0 Å². The maximum Gasteiger partial charge on any atom is 0.329 e. The molecule has 1 saturated carbocycles. The van der Waals surface area contributed by atoms with Gasteiger partial charge in [-0.1, -0.05) is 101 Å². The van der Waals surface area contributed by atoms with Gasteiger partial charge in [0.15, 0.2) is 5.78 Å². The molecule has 4 aliphatic rings. The summed E-state index contributed by atoms with van der Waals surface area (Å²) in [5, 5.41) is 34.2. The second kappa shape index (κ2) is 27.2. The zero-order chi connectivity index (χ0) is 52.0. The van der Waals surface area contributed by atoms with E-state index >= 15 is 0 Å². The van der Waals surface area contributed by atoms with Crippen LogP contribution in [0.15, 0.2) is 77.9 Å². The number of aliphatic hydroxyl groups is 3. The van der Waals surface area contributed by atoms with Crippen LogP contribution in [0.4, 0.5) is 0 Å². The normalized spacial score (nSPS) is 37.9. The van der Waals surface area contributed by atoms with Gasteiger partial charge in [-0.3, -0.25) is 19.2 Å². The number of ether oxygens (including phenoxy) is 5. The number of methoxy groups -OCH3 is 2. The Morgan fingerprint density at radius 2 is 1.58 bits per heavy atom. The molecule has 2 saturated heterocycles. The Labute approximate surface area is 422 Å². The molecule has 0 unspecified atom stereocenters. The zero-order valence-corrected chi connectivity index (χ0v) is 43.7. The minimum atomic E-state index is -2.46. The second-order valence-corrected chi connectivity index (χ2v) is 21.2. The number of carbonyl (C=O) groups is 5. The highest BCUT2D eigenvalue weighted by Crippen LogP contribution is 2.38. The van der Waals surface area contributed by atoms with E-state index in [2.05, 4.69) is 0 Å². The Morgan fingerprint density at radius 3 is 2.28 bits per heavy atom. The number of cyclic esters (lactones) is 1. The molecular formula is C57H83NO13. The lowest BCUT2D eigenvalue weighted by molar-refractivity contribution is -0.266. The third-order valence-electron chi connectivity index (χ3n) is 15.5. The highest BCUT2D eigenvalue weighted by atomic mass is 16.6. The predicted molar refractivity (Wildman–Crippen MR) is 269 cm³/mol. The Hall–Kier alpha value is -4.15. The molecule has 2 bridgehead atoms. The van der Waals surface area contributed by atoms with Crippen LogP contribution in [0.5, 0.6) is 0 Å². The van der Waals surface area contributed by atoms with Crippen molar-refractivity contribution in [1.82, 2.24) is 4.90 Å². The molecule has 0 spiro atoms. The molecule has 1 aliphatic carbocycles. The summed E-state index contributed by atoms with van der Waals surface area (Å²) in [6.07, 6.45) is 11.0. The monoisotopic (exact) mass is 990 g/mol. The predicted octanol–water partition coefficient (Wildman–Crippen LogP) is 7.75. The number of rotatable bonds is 8. The first-order valence-corrected chi connectivity index (χ1v) is 26.1. The maximum atomic E-state index is 14.5. The third-order valence-corrected chi connectivity index (χ3v) is 15.5. The lowest BCUT2D eigenvalue weighted by Gasteiger charge is -2.43. The van der Waals surface area contributed by atoms with Crippen molar-refractivity contribution in [1.29, 1.82) is 0 Å². The Bertz CT molecular complexity index is 2070. The molecule has 71 heavy (non-hydrogen) atoms. The Kier molecular flexibility index (Phi) is 22.1. The number of esters is 1. The fraction of sp³-hybridized carbons (Fsp3) is 0.667. The van der Waals surface area contributed by atoms with Crippen molar-refractivity contribution in [2.24, 2.45) is 35.5 Å². The number of amides is 1. The van der Waals surface area contributed by atoms with E-state index in [1.807, 2.05) is 88.4 Å². The molecule has 1 amide bonds. The molecule has 14 nitrogen and oxygen atoms in total. The largest absolute Gasteiger partial charge is 0.460 e. The molecule has 0 radical (unpaired) electrons. The van der Waals surface area contributed by atoms with Gasteiger partial charge in [-0.15, -0.1) is 0 Å². The SMILES string of the molecule is CO[C@@H]1C[C@H](C[C@@H](C)[C@@H]2CC(=O)[C@H](C)/C=C(\C)[C@@H](O)[C@@H](OC)C(=O)[C@H](C)C[C@H](C)/C=C/C=C/C=C(\C)[C@H](OCc3ccccc3)C[C@@H]3CC[C@@H](C)[C@@](O)(O3)C(=O)C(=O)N3CCCC[C@H]3C(=O)O2)CC[C@H]1O. The molecule has 5 rings (SSSR count). The highest BCUT2D eigenvalue weighted by molar-refractivity contribution is 6.39. The van der Waals surface area contributed by atoms with Gasteiger partial charge in [0.05, 0.1) is 31.0 Å². The van der Waals surface area contributed by atoms with Crippen molar-refractivity contribution in [2.45, 2.75) is 187 Å². The first-order valence-electron chi connectivity index (χ1n) is 26.1.